The monoisotopic (exact) mass is 2020 g/mol. The first kappa shape index (κ1) is 116. The van der Waals surface area contributed by atoms with Crippen LogP contribution in [0.1, 0.15) is 131 Å². The van der Waals surface area contributed by atoms with Gasteiger partial charge in [0.25, 0.3) is 5.91 Å². The number of benzene rings is 4. The number of nitrogens with one attached hydrogen (secondary N) is 24. The Labute approximate surface area is 835 Å². The summed E-state index contributed by atoms with van der Waals surface area (Å²) in [4.78, 5) is 253. The molecule has 51 heteroatoms. The third-order valence-corrected chi connectivity index (χ3v) is 22.7. The Balaban J connectivity index is 0.900. The third-order valence-electron chi connectivity index (χ3n) is 22.7. The number of pyridine rings is 1. The van der Waals surface area contributed by atoms with Crippen LogP contribution < -0.4 is 146 Å². The Morgan fingerprint density at radius 1 is 0.379 bits per heavy atom. The van der Waals surface area contributed by atoms with Gasteiger partial charge in [0.1, 0.15) is 54.4 Å². The van der Waals surface area contributed by atoms with Gasteiger partial charge in [-0.05, 0) is 156 Å². The maximum atomic E-state index is 14.5. The van der Waals surface area contributed by atoms with Gasteiger partial charge in [0.05, 0.1) is 57.0 Å². The van der Waals surface area contributed by atoms with Crippen molar-refractivity contribution in [1.29, 1.82) is 10.8 Å². The second-order valence-corrected chi connectivity index (χ2v) is 34.4. The molecule has 0 aliphatic carbocycles. The van der Waals surface area contributed by atoms with Crippen LogP contribution in [0.2, 0.25) is 0 Å². The largest absolute Gasteiger partial charge is 0.394 e. The number of primary amides is 1. The van der Waals surface area contributed by atoms with Crippen molar-refractivity contribution in [2.45, 2.75) is 178 Å². The summed E-state index contributed by atoms with van der Waals surface area (Å²) in [5, 5.41) is 78.6. The SMILES string of the molecule is CC(C)[C@H](NC(=O)[C@@H](N)CO)C(=O)NCc1ccc(Nc2ccnc3c(C(=O)N[C@@H](CCCNC(=N)N)C(=O)NCCC(=O)NCCC(=O)N[C@@H](CCCNC(=N)N)C(=O)N[C@@H](Cc4c[nH]c5ccccc45)C(=O)NCC(=O)N[C@@H](CCCCN)C(=O)NCC(=O)NCC(=O)NCC(=O)N[C@@H](CCCN)C(=O)N[C@@H](Cc4c[nH]c5ccccc45)C(=O)NCC(=O)N[C@@H](CCCCN)C(=O)NCC(N)=O)cccc23)cc1. The average Bonchev–Trinajstić information content (AvgIpc) is 1.58. The fourth-order valence-electron chi connectivity index (χ4n) is 14.9. The number of carbonyl (C=O) groups is 18. The van der Waals surface area contributed by atoms with Crippen LogP contribution in [-0.2, 0) is 101 Å². The molecule has 7 rings (SSSR count). The summed E-state index contributed by atoms with van der Waals surface area (Å²) < 4.78 is 0. The number of para-hydroxylation sites is 3. The molecule has 39 N–H and O–H groups in total. The number of aromatic nitrogens is 3. The summed E-state index contributed by atoms with van der Waals surface area (Å²) >= 11 is 0. The molecule has 0 aliphatic rings. The fourth-order valence-corrected chi connectivity index (χ4v) is 14.9. The number of H-pyrrole nitrogens is 2. The first-order valence-electron chi connectivity index (χ1n) is 47.6. The number of rotatable bonds is 65. The number of nitrogens with zero attached hydrogens (tertiary/aromatic N) is 1. The molecule has 4 aromatic carbocycles. The molecule has 9 atom stereocenters. The zero-order valence-corrected chi connectivity index (χ0v) is 80.9. The summed E-state index contributed by atoms with van der Waals surface area (Å²) in [5.74, 6) is -14.8. The molecule has 0 aliphatic heterocycles. The molecule has 0 saturated heterocycles. The summed E-state index contributed by atoms with van der Waals surface area (Å²) in [7, 11) is 0. The lowest BCUT2D eigenvalue weighted by molar-refractivity contribution is -0.133. The number of guanidine groups is 2. The van der Waals surface area contributed by atoms with E-state index in [4.69, 9.17) is 51.0 Å². The van der Waals surface area contributed by atoms with Gasteiger partial charge in [0, 0.05) is 116 Å². The van der Waals surface area contributed by atoms with E-state index in [1.807, 2.05) is 0 Å². The van der Waals surface area contributed by atoms with Gasteiger partial charge in [-0.15, -0.1) is 0 Å². The summed E-state index contributed by atoms with van der Waals surface area (Å²) in [5.41, 5.74) is 44.0. The lowest BCUT2D eigenvalue weighted by Crippen LogP contribution is -2.56. The smallest absolute Gasteiger partial charge is 0.254 e. The molecule has 7 aromatic rings. The van der Waals surface area contributed by atoms with Gasteiger partial charge in [0.2, 0.25) is 100 Å². The van der Waals surface area contributed by atoms with Gasteiger partial charge in [-0.2, -0.15) is 0 Å². The molecule has 0 bridgehead atoms. The number of amides is 18. The van der Waals surface area contributed by atoms with Crippen molar-refractivity contribution in [1.82, 2.24) is 116 Å². The number of anilines is 2. The summed E-state index contributed by atoms with van der Waals surface area (Å²) in [6, 6.07) is 16.8. The van der Waals surface area contributed by atoms with Crippen LogP contribution in [0.4, 0.5) is 11.4 Å². The van der Waals surface area contributed by atoms with Crippen molar-refractivity contribution < 1.29 is 91.4 Å². The van der Waals surface area contributed by atoms with Crippen molar-refractivity contribution in [3.8, 4) is 0 Å². The van der Waals surface area contributed by atoms with E-state index in [0.29, 0.717) is 81.9 Å². The van der Waals surface area contributed by atoms with E-state index in [9.17, 15) is 91.4 Å². The molecule has 18 amide bonds. The van der Waals surface area contributed by atoms with E-state index in [-0.39, 0.29) is 152 Å². The van der Waals surface area contributed by atoms with E-state index in [0.717, 1.165) is 5.56 Å². The van der Waals surface area contributed by atoms with E-state index < -0.39 is 207 Å². The van der Waals surface area contributed by atoms with Crippen LogP contribution in [0.15, 0.2) is 116 Å². The molecule has 0 spiro atoms. The summed E-state index contributed by atoms with van der Waals surface area (Å²) in [6.45, 7) is -0.674. The maximum absolute atomic E-state index is 14.5. The number of aliphatic hydroxyl groups is 1. The standard InChI is InChI=1S/C94H136N32O19/c1-53(2)81(126-84(137)62(98)52-127)92(145)113-43-54-26-28-57(29-27-54)118-65-30-38-105-82-60(65)17-11-18-61(82)83(136)123-68(24-13-36-107-93(100)101)85(138)106-40-31-74(129)104-39-32-75(130)119-70(25-14-37-108-94(102)103)91(144)125-72(42-56-45-110-64-20-6-4-16-59(56)64)89(142)117-51-80(135)121-67(22-8-10-34-96)87(140)115-48-77(132)111-47-76(131)112-49-78(133)122-69(23-12-35-97)90(143)124-71(41-55-44-109-63-19-5-3-15-58(55)63)88(141)116-50-79(134)120-66(21-7-9-33-95)86(139)114-46-73(99)128/h3-6,11,15-20,26-30,38,44-45,53,62,66-72,81,109-110,127H,7-10,12-14,21-25,31-37,39-43,46-52,95-98H2,1-2H3,(H2,99,128)(H,104,129)(H,105,118)(H,106,138)(H,111,132)(H,112,131)(H,113,145)(H,114,139)(H,115,140)(H,116,141)(H,117,142)(H,119,130)(H,120,134)(H,121,135)(H,122,133)(H,123,136)(H,124,143)(H,125,144)(H,126,137)(H4,100,101,107)(H4,102,103,108)/t62-,66-,67-,68-,69-,70-,71-,72-,81-/m0/s1. The Kier molecular flexibility index (Phi) is 49.3. The minimum absolute atomic E-state index is 0.00703. The van der Waals surface area contributed by atoms with Gasteiger partial charge < -0.3 is 162 Å². The molecule has 51 nitrogen and oxygen atoms in total. The van der Waals surface area contributed by atoms with Gasteiger partial charge in [-0.1, -0.05) is 74.5 Å². The molecule has 0 radical (unpaired) electrons. The van der Waals surface area contributed by atoms with Crippen LogP contribution in [0, 0.1) is 16.7 Å². The van der Waals surface area contributed by atoms with Crippen LogP contribution >= 0.6 is 0 Å². The molecule has 0 fully saturated rings. The van der Waals surface area contributed by atoms with Gasteiger partial charge in [-0.3, -0.25) is 102 Å². The molecular formula is C94H136N32O19. The Morgan fingerprint density at radius 3 is 1.30 bits per heavy atom. The molecule has 3 aromatic heterocycles. The minimum atomic E-state index is -1.45. The number of carbonyl (C=O) groups excluding carboxylic acids is 18. The number of nitrogens with two attached hydrogens (primary N) is 7. The number of aromatic amines is 2. The zero-order valence-electron chi connectivity index (χ0n) is 80.9. The van der Waals surface area contributed by atoms with Crippen molar-refractivity contribution in [3.05, 3.63) is 138 Å². The topological polar surface area (TPSA) is 842 Å². The van der Waals surface area contributed by atoms with Crippen LogP contribution in [0.3, 0.4) is 0 Å². The van der Waals surface area contributed by atoms with Gasteiger partial charge in [0.15, 0.2) is 11.9 Å². The number of aliphatic hydroxyl groups excluding tert-OH is 1. The predicted molar refractivity (Wildman–Crippen MR) is 537 cm³/mol. The van der Waals surface area contributed by atoms with Crippen molar-refractivity contribution in [2.75, 3.05) is 97.0 Å². The van der Waals surface area contributed by atoms with Crippen LogP contribution in [0.25, 0.3) is 32.7 Å². The lowest BCUT2D eigenvalue weighted by Gasteiger charge is -2.24. The predicted octanol–water partition coefficient (Wildman–Crippen LogP) is -6.77. The molecule has 3 heterocycles. The van der Waals surface area contributed by atoms with Crippen molar-refractivity contribution in [3.63, 3.8) is 0 Å². The highest BCUT2D eigenvalue weighted by Crippen LogP contribution is 2.29. The second-order valence-electron chi connectivity index (χ2n) is 34.4. The van der Waals surface area contributed by atoms with Gasteiger partial charge in [-0.25, -0.2) is 0 Å². The number of hydrogen-bond acceptors (Lipinski definition) is 27. The molecular weight excluding hydrogens is 1880 g/mol. The van der Waals surface area contributed by atoms with Gasteiger partial charge >= 0.3 is 0 Å². The average molecular weight is 2020 g/mol. The third kappa shape index (κ3) is 40.8. The highest BCUT2D eigenvalue weighted by atomic mass is 16.3. The van der Waals surface area contributed by atoms with E-state index >= 15 is 0 Å². The lowest BCUT2D eigenvalue weighted by atomic mass is 10.0. The minimum Gasteiger partial charge on any atom is -0.394 e. The van der Waals surface area contributed by atoms with Crippen molar-refractivity contribution >= 4 is 162 Å². The molecule has 0 unspecified atom stereocenters. The van der Waals surface area contributed by atoms with Crippen LogP contribution in [-0.4, -0.2) is 284 Å². The fraction of sp³-hybridized carbons (Fsp3) is 0.457. The number of hydrogen-bond donors (Lipinski definition) is 32. The maximum Gasteiger partial charge on any atom is 0.254 e. The Hall–Kier alpha value is -16.0. The van der Waals surface area contributed by atoms with E-state index in [1.54, 1.807) is 117 Å². The van der Waals surface area contributed by atoms with E-state index in [1.165, 1.54) is 12.3 Å². The highest BCUT2D eigenvalue weighted by Gasteiger charge is 2.34. The number of fused-ring (bicyclic) bond motifs is 3. The zero-order chi connectivity index (χ0) is 106. The second kappa shape index (κ2) is 61.6. The quantitative estimate of drug-likeness (QED) is 0.00957. The molecule has 145 heavy (non-hydrogen) atoms. The van der Waals surface area contributed by atoms with Crippen LogP contribution in [0.5, 0.6) is 0 Å². The summed E-state index contributed by atoms with van der Waals surface area (Å²) in [6.07, 6.45) is 6.09. The normalized spacial score (nSPS) is 12.9. The Morgan fingerprint density at radius 2 is 0.807 bits per heavy atom. The number of unbranched alkanes of at least 4 members (excludes halogenated alkanes) is 2. The Bertz CT molecular complexity index is 5620. The first-order chi connectivity index (χ1) is 69.5. The van der Waals surface area contributed by atoms with Crippen molar-refractivity contribution in [2.24, 2.45) is 46.1 Å². The first-order valence-corrected chi connectivity index (χ1v) is 47.6. The highest BCUT2D eigenvalue weighted by molar-refractivity contribution is 6.10. The molecule has 0 saturated carbocycles. The van der Waals surface area contributed by atoms with E-state index in [2.05, 4.69) is 121 Å². The molecule has 786 valence electrons.